The van der Waals surface area contributed by atoms with Gasteiger partial charge in [-0.25, -0.2) is 0 Å². The van der Waals surface area contributed by atoms with Crippen LogP contribution in [0.5, 0.6) is 0 Å². The minimum Gasteiger partial charge on any atom is -0.352 e. The van der Waals surface area contributed by atoms with Crippen LogP contribution in [-0.2, 0) is 0 Å². The molecule has 0 aliphatic heterocycles. The van der Waals surface area contributed by atoms with Gasteiger partial charge < -0.3 is 5.32 Å². The number of hydrogen-bond acceptors (Lipinski definition) is 1. The van der Waals surface area contributed by atoms with Gasteiger partial charge in [-0.3, -0.25) is 4.79 Å². The highest BCUT2D eigenvalue weighted by Crippen LogP contribution is 2.14. The molecule has 0 aromatic heterocycles. The molecule has 0 saturated heterocycles. The molecule has 0 aliphatic rings. The van der Waals surface area contributed by atoms with Crippen LogP contribution in [0.1, 0.15) is 49.0 Å². The molecule has 1 aromatic rings. The van der Waals surface area contributed by atoms with Crippen LogP contribution in [0.25, 0.3) is 0 Å². The monoisotopic (exact) mass is 205 g/mol. The Kier molecular flexibility index (Phi) is 4.35. The molecule has 1 N–H and O–H groups in total. The van der Waals surface area contributed by atoms with Gasteiger partial charge in [-0.05, 0) is 30.0 Å². The first-order valence-electron chi connectivity index (χ1n) is 5.53. The van der Waals surface area contributed by atoms with Crippen LogP contribution in [0, 0.1) is 0 Å². The normalized spacial score (nSPS) is 10.4. The Bertz CT molecular complexity index is 314. The van der Waals surface area contributed by atoms with Crippen molar-refractivity contribution in [2.45, 2.75) is 33.1 Å². The van der Waals surface area contributed by atoms with Gasteiger partial charge in [0.15, 0.2) is 0 Å². The van der Waals surface area contributed by atoms with Crippen LogP contribution in [0.4, 0.5) is 0 Å². The number of carbonyl (C=O) groups excluding carboxylic acids is 1. The van der Waals surface area contributed by atoms with Gasteiger partial charge in [0, 0.05) is 12.1 Å². The van der Waals surface area contributed by atoms with E-state index in [1.165, 1.54) is 5.56 Å². The Hall–Kier alpha value is -1.31. The van der Waals surface area contributed by atoms with Gasteiger partial charge in [0.2, 0.25) is 0 Å². The molecule has 0 atom stereocenters. The standard InChI is InChI=1S/C13H19NO/c1-4-9-14-13(15)12-7-5-11(6-8-12)10(2)3/h5-8,10H,4,9H2,1-3H3,(H,14,15). The van der Waals surface area contributed by atoms with Crippen LogP contribution in [-0.4, -0.2) is 12.5 Å². The van der Waals surface area contributed by atoms with Gasteiger partial charge in [0.1, 0.15) is 0 Å². The number of rotatable bonds is 4. The van der Waals surface area contributed by atoms with Crippen LogP contribution >= 0.6 is 0 Å². The summed E-state index contributed by atoms with van der Waals surface area (Å²) in [6.45, 7) is 7.07. The van der Waals surface area contributed by atoms with Crippen molar-refractivity contribution in [1.82, 2.24) is 5.32 Å². The van der Waals surface area contributed by atoms with Gasteiger partial charge in [0.25, 0.3) is 5.91 Å². The first-order valence-corrected chi connectivity index (χ1v) is 5.53. The molecule has 1 aromatic carbocycles. The minimum absolute atomic E-state index is 0.0205. The Morgan fingerprint density at radius 2 is 1.87 bits per heavy atom. The zero-order valence-electron chi connectivity index (χ0n) is 9.71. The smallest absolute Gasteiger partial charge is 0.251 e. The molecule has 15 heavy (non-hydrogen) atoms. The maximum atomic E-state index is 11.6. The molecular formula is C13H19NO. The number of amides is 1. The van der Waals surface area contributed by atoms with E-state index in [9.17, 15) is 4.79 Å². The van der Waals surface area contributed by atoms with Crippen molar-refractivity contribution in [2.24, 2.45) is 0 Å². The zero-order chi connectivity index (χ0) is 11.3. The van der Waals surface area contributed by atoms with Crippen molar-refractivity contribution in [2.75, 3.05) is 6.54 Å². The fourth-order valence-electron chi connectivity index (χ4n) is 1.36. The van der Waals surface area contributed by atoms with Crippen molar-refractivity contribution in [3.8, 4) is 0 Å². The molecule has 0 spiro atoms. The third-order valence-electron chi connectivity index (χ3n) is 2.38. The topological polar surface area (TPSA) is 29.1 Å². The number of benzene rings is 1. The molecule has 1 rings (SSSR count). The van der Waals surface area contributed by atoms with Gasteiger partial charge >= 0.3 is 0 Å². The fraction of sp³-hybridized carbons (Fsp3) is 0.462. The van der Waals surface area contributed by atoms with Crippen molar-refractivity contribution >= 4 is 5.91 Å². The molecule has 82 valence electrons. The van der Waals surface area contributed by atoms with Crippen LogP contribution < -0.4 is 5.32 Å². The Morgan fingerprint density at radius 1 is 1.27 bits per heavy atom. The first kappa shape index (κ1) is 11.8. The molecule has 2 nitrogen and oxygen atoms in total. The molecule has 0 bridgehead atoms. The van der Waals surface area contributed by atoms with Gasteiger partial charge in [0.05, 0.1) is 0 Å². The number of nitrogens with one attached hydrogen (secondary N) is 1. The van der Waals surface area contributed by atoms with Crippen LogP contribution in [0.3, 0.4) is 0 Å². The lowest BCUT2D eigenvalue weighted by molar-refractivity contribution is 0.0953. The van der Waals surface area contributed by atoms with E-state index < -0.39 is 0 Å². The summed E-state index contributed by atoms with van der Waals surface area (Å²) >= 11 is 0. The molecule has 1 amide bonds. The second kappa shape index (κ2) is 5.54. The highest BCUT2D eigenvalue weighted by molar-refractivity contribution is 5.94. The van der Waals surface area contributed by atoms with E-state index in [1.54, 1.807) is 0 Å². The summed E-state index contributed by atoms with van der Waals surface area (Å²) in [4.78, 5) is 11.6. The minimum atomic E-state index is 0.0205. The van der Waals surface area contributed by atoms with Crippen molar-refractivity contribution in [3.05, 3.63) is 35.4 Å². The summed E-state index contributed by atoms with van der Waals surface area (Å²) in [7, 11) is 0. The summed E-state index contributed by atoms with van der Waals surface area (Å²) in [5.74, 6) is 0.532. The van der Waals surface area contributed by atoms with E-state index in [0.29, 0.717) is 5.92 Å². The highest BCUT2D eigenvalue weighted by atomic mass is 16.1. The van der Waals surface area contributed by atoms with E-state index >= 15 is 0 Å². The lowest BCUT2D eigenvalue weighted by Gasteiger charge is -2.07. The third kappa shape index (κ3) is 3.39. The number of hydrogen-bond donors (Lipinski definition) is 1. The van der Waals surface area contributed by atoms with Crippen molar-refractivity contribution in [3.63, 3.8) is 0 Å². The first-order chi connectivity index (χ1) is 7.15. The van der Waals surface area contributed by atoms with E-state index in [-0.39, 0.29) is 5.91 Å². The molecule has 0 fully saturated rings. The average molecular weight is 205 g/mol. The Morgan fingerprint density at radius 3 is 2.33 bits per heavy atom. The maximum absolute atomic E-state index is 11.6. The molecule has 0 aliphatic carbocycles. The fourth-order valence-corrected chi connectivity index (χ4v) is 1.36. The van der Waals surface area contributed by atoms with Gasteiger partial charge in [-0.15, -0.1) is 0 Å². The second-order valence-electron chi connectivity index (χ2n) is 4.03. The molecule has 0 radical (unpaired) electrons. The maximum Gasteiger partial charge on any atom is 0.251 e. The molecular weight excluding hydrogens is 186 g/mol. The molecule has 0 saturated carbocycles. The third-order valence-corrected chi connectivity index (χ3v) is 2.38. The van der Waals surface area contributed by atoms with Crippen molar-refractivity contribution < 1.29 is 4.79 Å². The second-order valence-corrected chi connectivity index (χ2v) is 4.03. The summed E-state index contributed by atoms with van der Waals surface area (Å²) < 4.78 is 0. The summed E-state index contributed by atoms with van der Waals surface area (Å²) in [6.07, 6.45) is 0.968. The summed E-state index contributed by atoms with van der Waals surface area (Å²) in [6, 6.07) is 7.82. The van der Waals surface area contributed by atoms with Gasteiger partial charge in [-0.2, -0.15) is 0 Å². The molecule has 2 heteroatoms. The van der Waals surface area contributed by atoms with E-state index in [4.69, 9.17) is 0 Å². The van der Waals surface area contributed by atoms with Crippen molar-refractivity contribution in [1.29, 1.82) is 0 Å². The quantitative estimate of drug-likeness (QED) is 0.804. The van der Waals surface area contributed by atoms with Crippen LogP contribution in [0.15, 0.2) is 24.3 Å². The highest BCUT2D eigenvalue weighted by Gasteiger charge is 2.04. The van der Waals surface area contributed by atoms with E-state index in [2.05, 4.69) is 19.2 Å². The summed E-state index contributed by atoms with van der Waals surface area (Å²) in [5.41, 5.74) is 2.01. The lowest BCUT2D eigenvalue weighted by atomic mass is 10.0. The van der Waals surface area contributed by atoms with E-state index in [1.807, 2.05) is 31.2 Å². The Labute approximate surface area is 91.7 Å². The average Bonchev–Trinajstić information content (AvgIpc) is 2.26. The van der Waals surface area contributed by atoms with Crippen LogP contribution in [0.2, 0.25) is 0 Å². The number of carbonyl (C=O) groups is 1. The SMILES string of the molecule is CCCNC(=O)c1ccc(C(C)C)cc1. The zero-order valence-corrected chi connectivity index (χ0v) is 9.71. The molecule has 0 heterocycles. The summed E-state index contributed by atoms with van der Waals surface area (Å²) in [5, 5.41) is 2.86. The molecule has 0 unspecified atom stereocenters. The van der Waals surface area contributed by atoms with E-state index in [0.717, 1.165) is 18.5 Å². The predicted octanol–water partition coefficient (Wildman–Crippen LogP) is 2.95. The Balaban J connectivity index is 2.67. The van der Waals surface area contributed by atoms with Gasteiger partial charge in [-0.1, -0.05) is 32.9 Å². The lowest BCUT2D eigenvalue weighted by Crippen LogP contribution is -2.23. The predicted molar refractivity (Wildman–Crippen MR) is 63.2 cm³/mol. The largest absolute Gasteiger partial charge is 0.352 e.